The topological polar surface area (TPSA) is 43.1 Å². The Balaban J connectivity index is 3.44. The normalized spacial score (nSPS) is 11.4. The minimum absolute atomic E-state index is 0.199. The fourth-order valence-electron chi connectivity index (χ4n) is 1.01. The second-order valence-corrected chi connectivity index (χ2v) is 3.69. The van der Waals surface area contributed by atoms with E-state index >= 15 is 0 Å². The molecule has 1 rings (SSSR count). The van der Waals surface area contributed by atoms with Crippen LogP contribution in [0, 0.1) is 3.57 Å². The molecular formula is C8H5F3INO. The smallest absolute Gasteiger partial charge is 0.366 e. The minimum Gasteiger partial charge on any atom is -0.366 e. The Labute approximate surface area is 91.4 Å². The third-order valence-electron chi connectivity index (χ3n) is 1.57. The van der Waals surface area contributed by atoms with Crippen molar-refractivity contribution in [3.63, 3.8) is 0 Å². The number of halogens is 4. The quantitative estimate of drug-likeness (QED) is 0.795. The van der Waals surface area contributed by atoms with Crippen LogP contribution in [0.5, 0.6) is 0 Å². The zero-order valence-electron chi connectivity index (χ0n) is 6.73. The Hall–Kier alpha value is -0.790. The summed E-state index contributed by atoms with van der Waals surface area (Å²) in [4.78, 5) is 10.8. The number of hydrogen-bond acceptors (Lipinski definition) is 1. The molecule has 0 aliphatic rings. The molecule has 0 atom stereocenters. The van der Waals surface area contributed by atoms with Crippen LogP contribution in [-0.4, -0.2) is 5.91 Å². The van der Waals surface area contributed by atoms with E-state index in [0.29, 0.717) is 0 Å². The molecule has 0 saturated carbocycles. The first-order valence-corrected chi connectivity index (χ1v) is 4.57. The minimum atomic E-state index is -4.55. The third-order valence-corrected chi connectivity index (χ3v) is 2.46. The number of benzene rings is 1. The van der Waals surface area contributed by atoms with E-state index in [1.54, 1.807) is 22.6 Å². The molecule has 0 unspecified atom stereocenters. The van der Waals surface area contributed by atoms with Crippen molar-refractivity contribution in [2.24, 2.45) is 5.73 Å². The Morgan fingerprint density at radius 2 is 1.93 bits per heavy atom. The lowest BCUT2D eigenvalue weighted by Crippen LogP contribution is -2.20. The average Bonchev–Trinajstić information content (AvgIpc) is 2.01. The van der Waals surface area contributed by atoms with Gasteiger partial charge < -0.3 is 5.73 Å². The monoisotopic (exact) mass is 315 g/mol. The SMILES string of the molecule is NC(=O)c1c(I)cccc1C(F)(F)F. The number of carbonyl (C=O) groups is 1. The molecular weight excluding hydrogens is 310 g/mol. The van der Waals surface area contributed by atoms with Gasteiger partial charge in [0.1, 0.15) is 0 Å². The van der Waals surface area contributed by atoms with Gasteiger partial charge >= 0.3 is 6.18 Å². The molecule has 14 heavy (non-hydrogen) atoms. The highest BCUT2D eigenvalue weighted by molar-refractivity contribution is 14.1. The highest BCUT2D eigenvalue weighted by atomic mass is 127. The molecule has 2 nitrogen and oxygen atoms in total. The first-order valence-electron chi connectivity index (χ1n) is 3.49. The van der Waals surface area contributed by atoms with Gasteiger partial charge in [-0.3, -0.25) is 4.79 Å². The predicted octanol–water partition coefficient (Wildman–Crippen LogP) is 2.41. The van der Waals surface area contributed by atoms with Crippen LogP contribution in [0.2, 0.25) is 0 Å². The predicted molar refractivity (Wildman–Crippen MR) is 52.7 cm³/mol. The van der Waals surface area contributed by atoms with Gasteiger partial charge in [0.15, 0.2) is 0 Å². The van der Waals surface area contributed by atoms with Crippen molar-refractivity contribution in [2.45, 2.75) is 6.18 Å². The maximum absolute atomic E-state index is 12.4. The summed E-state index contributed by atoms with van der Waals surface area (Å²) in [6.07, 6.45) is -4.55. The molecule has 0 fully saturated rings. The van der Waals surface area contributed by atoms with E-state index in [2.05, 4.69) is 0 Å². The van der Waals surface area contributed by atoms with Crippen LogP contribution in [0.3, 0.4) is 0 Å². The van der Waals surface area contributed by atoms with Crippen LogP contribution in [0.25, 0.3) is 0 Å². The number of amides is 1. The van der Waals surface area contributed by atoms with Crippen molar-refractivity contribution >= 4 is 28.5 Å². The summed E-state index contributed by atoms with van der Waals surface area (Å²) in [6, 6.07) is 3.47. The van der Waals surface area contributed by atoms with E-state index in [1.165, 1.54) is 12.1 Å². The van der Waals surface area contributed by atoms with Gasteiger partial charge in [-0.2, -0.15) is 13.2 Å². The van der Waals surface area contributed by atoms with Gasteiger partial charge in [-0.25, -0.2) is 0 Å². The van der Waals surface area contributed by atoms with Crippen molar-refractivity contribution in [1.82, 2.24) is 0 Å². The third kappa shape index (κ3) is 2.17. The van der Waals surface area contributed by atoms with Crippen LogP contribution in [-0.2, 0) is 6.18 Å². The molecule has 2 N–H and O–H groups in total. The molecule has 1 aromatic carbocycles. The molecule has 76 valence electrons. The van der Waals surface area contributed by atoms with E-state index in [9.17, 15) is 18.0 Å². The lowest BCUT2D eigenvalue weighted by Gasteiger charge is -2.11. The van der Waals surface area contributed by atoms with Gasteiger partial charge in [0.2, 0.25) is 5.91 Å². The second-order valence-electron chi connectivity index (χ2n) is 2.52. The zero-order chi connectivity index (χ0) is 10.9. The van der Waals surface area contributed by atoms with Gasteiger partial charge in [-0.15, -0.1) is 0 Å². The fraction of sp³-hybridized carbons (Fsp3) is 0.125. The lowest BCUT2D eigenvalue weighted by molar-refractivity contribution is -0.138. The maximum atomic E-state index is 12.4. The molecule has 0 spiro atoms. The van der Waals surface area contributed by atoms with E-state index < -0.39 is 23.2 Å². The van der Waals surface area contributed by atoms with Crippen LogP contribution < -0.4 is 5.73 Å². The highest BCUT2D eigenvalue weighted by Gasteiger charge is 2.35. The number of rotatable bonds is 1. The molecule has 1 aromatic rings. The number of hydrogen-bond donors (Lipinski definition) is 1. The molecule has 0 saturated heterocycles. The molecule has 1 amide bonds. The summed E-state index contributed by atoms with van der Waals surface area (Å²) in [6.45, 7) is 0. The summed E-state index contributed by atoms with van der Waals surface area (Å²) in [5.74, 6) is -1.07. The molecule has 0 radical (unpaired) electrons. The van der Waals surface area contributed by atoms with Crippen molar-refractivity contribution in [1.29, 1.82) is 0 Å². The van der Waals surface area contributed by atoms with Crippen molar-refractivity contribution in [3.8, 4) is 0 Å². The van der Waals surface area contributed by atoms with Crippen LogP contribution in [0.15, 0.2) is 18.2 Å². The van der Waals surface area contributed by atoms with E-state index in [4.69, 9.17) is 5.73 Å². The number of alkyl halides is 3. The number of primary amides is 1. The van der Waals surface area contributed by atoms with Gasteiger partial charge in [0.25, 0.3) is 0 Å². The summed E-state index contributed by atoms with van der Waals surface area (Å²) in [7, 11) is 0. The molecule has 0 aliphatic carbocycles. The Morgan fingerprint density at radius 1 is 1.36 bits per heavy atom. The molecule has 0 bridgehead atoms. The fourth-order valence-corrected chi connectivity index (χ4v) is 1.77. The summed E-state index contributed by atoms with van der Waals surface area (Å²) in [5.41, 5.74) is 3.41. The molecule has 0 aliphatic heterocycles. The zero-order valence-corrected chi connectivity index (χ0v) is 8.89. The second kappa shape index (κ2) is 3.76. The van der Waals surface area contributed by atoms with Crippen LogP contribution >= 0.6 is 22.6 Å². The van der Waals surface area contributed by atoms with Crippen molar-refractivity contribution in [2.75, 3.05) is 0 Å². The molecule has 0 aromatic heterocycles. The molecule has 6 heteroatoms. The van der Waals surface area contributed by atoms with E-state index in [-0.39, 0.29) is 3.57 Å². The van der Waals surface area contributed by atoms with Crippen LogP contribution in [0.1, 0.15) is 15.9 Å². The largest absolute Gasteiger partial charge is 0.417 e. The van der Waals surface area contributed by atoms with Crippen molar-refractivity contribution in [3.05, 3.63) is 32.9 Å². The summed E-state index contributed by atoms with van der Waals surface area (Å²) >= 11 is 1.64. The Kier molecular flexibility index (Phi) is 3.03. The number of nitrogens with two attached hydrogens (primary N) is 1. The van der Waals surface area contributed by atoms with E-state index in [0.717, 1.165) is 6.07 Å². The molecule has 0 heterocycles. The van der Waals surface area contributed by atoms with Crippen molar-refractivity contribution < 1.29 is 18.0 Å². The maximum Gasteiger partial charge on any atom is 0.417 e. The first kappa shape index (κ1) is 11.3. The summed E-state index contributed by atoms with van der Waals surface area (Å²) < 4.78 is 37.3. The van der Waals surface area contributed by atoms with Crippen LogP contribution in [0.4, 0.5) is 13.2 Å². The standard InChI is InChI=1S/C8H5F3INO/c9-8(10,11)4-2-1-3-5(12)6(4)7(13)14/h1-3H,(H2,13,14). The first-order chi connectivity index (χ1) is 6.34. The van der Waals surface area contributed by atoms with Gasteiger partial charge in [-0.05, 0) is 34.7 Å². The van der Waals surface area contributed by atoms with Gasteiger partial charge in [0, 0.05) is 3.57 Å². The van der Waals surface area contributed by atoms with Gasteiger partial charge in [0.05, 0.1) is 11.1 Å². The summed E-state index contributed by atoms with van der Waals surface area (Å²) in [5, 5.41) is 0. The highest BCUT2D eigenvalue weighted by Crippen LogP contribution is 2.33. The Morgan fingerprint density at radius 3 is 2.29 bits per heavy atom. The van der Waals surface area contributed by atoms with E-state index in [1.807, 2.05) is 0 Å². The van der Waals surface area contributed by atoms with Gasteiger partial charge in [-0.1, -0.05) is 6.07 Å². The Bertz CT molecular complexity index is 375. The number of carbonyl (C=O) groups excluding carboxylic acids is 1. The lowest BCUT2D eigenvalue weighted by atomic mass is 10.1. The average molecular weight is 315 g/mol.